The molecule has 0 amide bonds. The van der Waals surface area contributed by atoms with E-state index in [1.807, 2.05) is 0 Å². The van der Waals surface area contributed by atoms with Crippen LogP contribution in [0.5, 0.6) is 0 Å². The van der Waals surface area contributed by atoms with Crippen LogP contribution in [0, 0.1) is 23.2 Å². The predicted molar refractivity (Wildman–Crippen MR) is 88.9 cm³/mol. The van der Waals surface area contributed by atoms with Crippen LogP contribution in [-0.2, 0) is 0 Å². The summed E-state index contributed by atoms with van der Waals surface area (Å²) in [5.41, 5.74) is 0.609. The third kappa shape index (κ3) is 3.40. The fourth-order valence-electron chi connectivity index (χ4n) is 5.69. The molecule has 1 nitrogen and oxygen atoms in total. The Morgan fingerprint density at radius 3 is 2.25 bits per heavy atom. The molecular formula is C19H37N. The van der Waals surface area contributed by atoms with Crippen molar-refractivity contribution >= 4 is 0 Å². The topological polar surface area (TPSA) is 12.0 Å². The van der Waals surface area contributed by atoms with Crippen LogP contribution in [0.3, 0.4) is 0 Å². The maximum atomic E-state index is 3.82. The van der Waals surface area contributed by atoms with Crippen molar-refractivity contribution in [1.82, 2.24) is 5.32 Å². The molecule has 2 aliphatic carbocycles. The molecule has 0 aromatic rings. The second-order valence-corrected chi connectivity index (χ2v) is 8.05. The largest absolute Gasteiger partial charge is 0.316 e. The lowest BCUT2D eigenvalue weighted by Gasteiger charge is -2.47. The minimum Gasteiger partial charge on any atom is -0.316 e. The lowest BCUT2D eigenvalue weighted by atomic mass is 9.62. The molecule has 118 valence electrons. The molecule has 0 heterocycles. The van der Waals surface area contributed by atoms with Gasteiger partial charge in [-0.25, -0.2) is 0 Å². The predicted octanol–water partition coefficient (Wildman–Crippen LogP) is 5.40. The van der Waals surface area contributed by atoms with Crippen LogP contribution in [0.15, 0.2) is 0 Å². The lowest BCUT2D eigenvalue weighted by molar-refractivity contribution is 0.0631. The van der Waals surface area contributed by atoms with Crippen LogP contribution in [0.1, 0.15) is 85.0 Å². The van der Waals surface area contributed by atoms with Gasteiger partial charge >= 0.3 is 0 Å². The third-order valence-electron chi connectivity index (χ3n) is 6.31. The molecule has 0 aromatic carbocycles. The molecule has 3 unspecified atom stereocenters. The standard InChI is InChI=1S/C19H37N/c1-5-16-10-6-7-11-17(16)18(20-4)19(14-15(2)3)12-8-9-13-19/h15-18,20H,5-14H2,1-4H3. The Kier molecular flexibility index (Phi) is 5.95. The zero-order valence-corrected chi connectivity index (χ0v) is 14.4. The lowest BCUT2D eigenvalue weighted by Crippen LogP contribution is -2.50. The zero-order chi connectivity index (χ0) is 14.6. The Bertz CT molecular complexity index is 277. The van der Waals surface area contributed by atoms with Gasteiger partial charge in [0.2, 0.25) is 0 Å². The maximum absolute atomic E-state index is 3.82. The Morgan fingerprint density at radius 2 is 1.70 bits per heavy atom. The summed E-state index contributed by atoms with van der Waals surface area (Å²) in [4.78, 5) is 0. The second-order valence-electron chi connectivity index (χ2n) is 8.05. The summed E-state index contributed by atoms with van der Waals surface area (Å²) in [6.45, 7) is 7.26. The monoisotopic (exact) mass is 279 g/mol. The molecule has 2 rings (SSSR count). The second kappa shape index (κ2) is 7.29. The van der Waals surface area contributed by atoms with E-state index in [2.05, 4.69) is 33.1 Å². The van der Waals surface area contributed by atoms with Crippen molar-refractivity contribution in [3.63, 3.8) is 0 Å². The molecule has 1 heteroatoms. The van der Waals surface area contributed by atoms with Gasteiger partial charge in [0.25, 0.3) is 0 Å². The average Bonchev–Trinajstić information content (AvgIpc) is 2.88. The summed E-state index contributed by atoms with van der Waals surface area (Å²) in [6, 6.07) is 0.776. The zero-order valence-electron chi connectivity index (χ0n) is 14.4. The summed E-state index contributed by atoms with van der Waals surface area (Å²) in [6.07, 6.45) is 14.6. The van der Waals surface area contributed by atoms with Crippen LogP contribution >= 0.6 is 0 Å². The van der Waals surface area contributed by atoms with Gasteiger partial charge in [-0.2, -0.15) is 0 Å². The van der Waals surface area contributed by atoms with Gasteiger partial charge in [0.15, 0.2) is 0 Å². The van der Waals surface area contributed by atoms with Crippen molar-refractivity contribution in [3.8, 4) is 0 Å². The molecule has 2 aliphatic rings. The molecule has 0 bridgehead atoms. The quantitative estimate of drug-likeness (QED) is 0.686. The summed E-state index contributed by atoms with van der Waals surface area (Å²) < 4.78 is 0. The highest BCUT2D eigenvalue weighted by molar-refractivity contribution is 5.00. The molecule has 0 radical (unpaired) electrons. The van der Waals surface area contributed by atoms with Crippen molar-refractivity contribution in [2.75, 3.05) is 7.05 Å². The van der Waals surface area contributed by atoms with Crippen LogP contribution < -0.4 is 5.32 Å². The molecule has 20 heavy (non-hydrogen) atoms. The minimum absolute atomic E-state index is 0.609. The van der Waals surface area contributed by atoms with Crippen molar-refractivity contribution in [2.45, 2.75) is 91.0 Å². The smallest absolute Gasteiger partial charge is 0.0151 e. The molecule has 0 aliphatic heterocycles. The van der Waals surface area contributed by atoms with Gasteiger partial charge in [-0.15, -0.1) is 0 Å². The Hall–Kier alpha value is -0.0400. The van der Waals surface area contributed by atoms with Crippen molar-refractivity contribution in [2.24, 2.45) is 23.2 Å². The van der Waals surface area contributed by atoms with Crippen LogP contribution in [0.4, 0.5) is 0 Å². The fourth-order valence-corrected chi connectivity index (χ4v) is 5.69. The highest BCUT2D eigenvalue weighted by Gasteiger charge is 2.46. The highest BCUT2D eigenvalue weighted by Crippen LogP contribution is 2.51. The normalized spacial score (nSPS) is 31.6. The molecular weight excluding hydrogens is 242 g/mol. The minimum atomic E-state index is 0.609. The summed E-state index contributed by atoms with van der Waals surface area (Å²) in [5, 5.41) is 3.82. The first-order valence-corrected chi connectivity index (χ1v) is 9.30. The first-order chi connectivity index (χ1) is 9.63. The molecule has 1 N–H and O–H groups in total. The van der Waals surface area contributed by atoms with Gasteiger partial charge in [0.05, 0.1) is 0 Å². The van der Waals surface area contributed by atoms with Crippen LogP contribution in [-0.4, -0.2) is 13.1 Å². The van der Waals surface area contributed by atoms with E-state index in [0.717, 1.165) is 23.8 Å². The molecule has 0 spiro atoms. The third-order valence-corrected chi connectivity index (χ3v) is 6.31. The SMILES string of the molecule is CCC1CCCCC1C(NC)C1(CC(C)C)CCCC1. The molecule has 3 atom stereocenters. The number of nitrogens with one attached hydrogen (secondary N) is 1. The van der Waals surface area contributed by atoms with Crippen molar-refractivity contribution in [1.29, 1.82) is 0 Å². The van der Waals surface area contributed by atoms with E-state index in [-0.39, 0.29) is 0 Å². The fraction of sp³-hybridized carbons (Fsp3) is 1.00. The Balaban J connectivity index is 2.18. The van der Waals surface area contributed by atoms with Gasteiger partial charge in [-0.3, -0.25) is 0 Å². The molecule has 2 fully saturated rings. The first kappa shape index (κ1) is 16.3. The van der Waals surface area contributed by atoms with E-state index in [4.69, 9.17) is 0 Å². The number of hydrogen-bond donors (Lipinski definition) is 1. The molecule has 0 saturated heterocycles. The van der Waals surface area contributed by atoms with Gasteiger partial charge in [-0.05, 0) is 55.9 Å². The summed E-state index contributed by atoms with van der Waals surface area (Å²) in [5.74, 6) is 2.76. The van der Waals surface area contributed by atoms with Crippen molar-refractivity contribution < 1.29 is 0 Å². The van der Waals surface area contributed by atoms with E-state index in [1.54, 1.807) is 0 Å². The van der Waals surface area contributed by atoms with Gasteiger partial charge < -0.3 is 5.32 Å². The van der Waals surface area contributed by atoms with E-state index in [0.29, 0.717) is 5.41 Å². The van der Waals surface area contributed by atoms with Gasteiger partial charge in [-0.1, -0.05) is 59.3 Å². The van der Waals surface area contributed by atoms with Gasteiger partial charge in [0.1, 0.15) is 0 Å². The van der Waals surface area contributed by atoms with E-state index in [9.17, 15) is 0 Å². The van der Waals surface area contributed by atoms with E-state index < -0.39 is 0 Å². The molecule has 0 aromatic heterocycles. The Labute approximate surface area is 127 Å². The average molecular weight is 280 g/mol. The summed E-state index contributed by atoms with van der Waals surface area (Å²) in [7, 11) is 2.24. The summed E-state index contributed by atoms with van der Waals surface area (Å²) >= 11 is 0. The van der Waals surface area contributed by atoms with Crippen LogP contribution in [0.2, 0.25) is 0 Å². The maximum Gasteiger partial charge on any atom is 0.0151 e. The first-order valence-electron chi connectivity index (χ1n) is 9.30. The van der Waals surface area contributed by atoms with Crippen LogP contribution in [0.25, 0.3) is 0 Å². The number of rotatable bonds is 6. The molecule has 2 saturated carbocycles. The van der Waals surface area contributed by atoms with E-state index in [1.165, 1.54) is 64.2 Å². The number of hydrogen-bond acceptors (Lipinski definition) is 1. The van der Waals surface area contributed by atoms with Gasteiger partial charge in [0, 0.05) is 6.04 Å². The highest BCUT2D eigenvalue weighted by atomic mass is 14.9. The van der Waals surface area contributed by atoms with Crippen molar-refractivity contribution in [3.05, 3.63) is 0 Å². The Morgan fingerprint density at radius 1 is 1.05 bits per heavy atom. The van der Waals surface area contributed by atoms with E-state index >= 15 is 0 Å².